The molecular formula is C71H44N2S. The molecule has 0 aliphatic heterocycles. The molecule has 16 rings (SSSR count). The zero-order valence-electron chi connectivity index (χ0n) is 40.2. The lowest BCUT2D eigenvalue weighted by atomic mass is 9.70. The summed E-state index contributed by atoms with van der Waals surface area (Å²) in [6.07, 6.45) is 0. The van der Waals surface area contributed by atoms with Crippen molar-refractivity contribution in [3.05, 3.63) is 289 Å². The Morgan fingerprint density at radius 2 is 0.851 bits per heavy atom. The van der Waals surface area contributed by atoms with Crippen LogP contribution >= 0.6 is 11.3 Å². The topological polar surface area (TPSA) is 8.17 Å². The van der Waals surface area contributed by atoms with E-state index in [2.05, 4.69) is 276 Å². The number of thiophene rings is 1. The van der Waals surface area contributed by atoms with Crippen LogP contribution in [-0.4, -0.2) is 4.57 Å². The molecule has 2 aromatic heterocycles. The lowest BCUT2D eigenvalue weighted by molar-refractivity contribution is 0.794. The Morgan fingerprint density at radius 3 is 1.54 bits per heavy atom. The number of fused-ring (bicyclic) bond motifs is 18. The van der Waals surface area contributed by atoms with E-state index in [0.29, 0.717) is 0 Å². The maximum atomic E-state index is 2.49. The second-order valence-corrected chi connectivity index (χ2v) is 20.9. The molecule has 2 nitrogen and oxygen atoms in total. The summed E-state index contributed by atoms with van der Waals surface area (Å²) in [4.78, 5) is 2.49. The normalized spacial score (nSPS) is 13.0. The zero-order chi connectivity index (χ0) is 48.5. The van der Waals surface area contributed by atoms with Gasteiger partial charge >= 0.3 is 0 Å². The van der Waals surface area contributed by atoms with Gasteiger partial charge in [-0.15, -0.1) is 11.3 Å². The molecule has 2 heterocycles. The molecule has 14 aromatic rings. The molecule has 0 fully saturated rings. The highest BCUT2D eigenvalue weighted by Crippen LogP contribution is 2.64. The fraction of sp³-hybridized carbons (Fsp3) is 0.0141. The molecule has 2 aliphatic carbocycles. The SMILES string of the molecule is c1ccc(-n2c3ccccc3c3ccccc32)c(-c2ccc(N(c3ccc(-c4ccc5c(c4)sc4c6ccccc6ccc54)cc3)c3cccc4c3-c3ccccc3C43c4ccccc4-c4ccccc43)cc2)c1. The van der Waals surface area contributed by atoms with E-state index in [9.17, 15) is 0 Å². The Hall–Kier alpha value is -9.28. The molecule has 0 amide bonds. The van der Waals surface area contributed by atoms with Crippen molar-refractivity contribution in [3.63, 3.8) is 0 Å². The van der Waals surface area contributed by atoms with Crippen LogP contribution in [0.2, 0.25) is 0 Å². The molecule has 0 atom stereocenters. The van der Waals surface area contributed by atoms with Crippen LogP contribution in [0.4, 0.5) is 17.1 Å². The lowest BCUT2D eigenvalue weighted by Gasteiger charge is -2.32. The van der Waals surface area contributed by atoms with Gasteiger partial charge in [0.1, 0.15) is 0 Å². The molecule has 0 radical (unpaired) electrons. The average molecular weight is 957 g/mol. The highest BCUT2D eigenvalue weighted by Gasteiger charge is 2.52. The summed E-state index contributed by atoms with van der Waals surface area (Å²) < 4.78 is 5.09. The largest absolute Gasteiger partial charge is 0.310 e. The van der Waals surface area contributed by atoms with Crippen LogP contribution in [0, 0.1) is 0 Å². The third kappa shape index (κ3) is 5.76. The van der Waals surface area contributed by atoms with Crippen molar-refractivity contribution in [2.24, 2.45) is 0 Å². The van der Waals surface area contributed by atoms with E-state index in [1.165, 1.54) is 114 Å². The average Bonchev–Trinajstić information content (AvgIpc) is 4.20. The molecule has 1 spiro atoms. The van der Waals surface area contributed by atoms with Gasteiger partial charge in [0.05, 0.1) is 27.8 Å². The highest BCUT2D eigenvalue weighted by atomic mass is 32.1. The minimum atomic E-state index is -0.456. The summed E-state index contributed by atoms with van der Waals surface area (Å²) >= 11 is 1.90. The monoisotopic (exact) mass is 956 g/mol. The summed E-state index contributed by atoms with van der Waals surface area (Å²) in [5, 5.41) is 7.75. The van der Waals surface area contributed by atoms with E-state index >= 15 is 0 Å². The predicted molar refractivity (Wildman–Crippen MR) is 313 cm³/mol. The number of benzene rings is 12. The summed E-state index contributed by atoms with van der Waals surface area (Å²) in [5.41, 5.74) is 21.7. The van der Waals surface area contributed by atoms with Gasteiger partial charge in [0.25, 0.3) is 0 Å². The maximum absolute atomic E-state index is 2.49. The number of hydrogen-bond donors (Lipinski definition) is 0. The van der Waals surface area contributed by atoms with Crippen LogP contribution in [-0.2, 0) is 5.41 Å². The van der Waals surface area contributed by atoms with Crippen molar-refractivity contribution in [3.8, 4) is 50.2 Å². The number of hydrogen-bond acceptors (Lipinski definition) is 2. The van der Waals surface area contributed by atoms with Gasteiger partial charge in [0.2, 0.25) is 0 Å². The summed E-state index contributed by atoms with van der Waals surface area (Å²) in [6.45, 7) is 0. The molecule has 12 aromatic carbocycles. The van der Waals surface area contributed by atoms with Crippen LogP contribution in [0.1, 0.15) is 22.3 Å². The Labute approximate surface area is 432 Å². The fourth-order valence-electron chi connectivity index (χ4n) is 13.1. The summed E-state index contributed by atoms with van der Waals surface area (Å²) in [7, 11) is 0. The minimum absolute atomic E-state index is 0.456. The second-order valence-electron chi connectivity index (χ2n) is 19.9. The van der Waals surface area contributed by atoms with Crippen LogP contribution in [0.3, 0.4) is 0 Å². The van der Waals surface area contributed by atoms with Crippen molar-refractivity contribution in [1.29, 1.82) is 0 Å². The van der Waals surface area contributed by atoms with E-state index in [-0.39, 0.29) is 0 Å². The Kier molecular flexibility index (Phi) is 8.86. The van der Waals surface area contributed by atoms with Gasteiger partial charge in [-0.05, 0) is 121 Å². The first-order valence-electron chi connectivity index (χ1n) is 25.6. The molecular weight excluding hydrogens is 913 g/mol. The number of rotatable bonds is 6. The number of aromatic nitrogens is 1. The number of nitrogens with zero attached hydrogens (tertiary/aromatic N) is 2. The minimum Gasteiger partial charge on any atom is -0.310 e. The first-order valence-corrected chi connectivity index (χ1v) is 26.4. The number of para-hydroxylation sites is 3. The smallest absolute Gasteiger partial charge is 0.0726 e. The van der Waals surface area contributed by atoms with Crippen molar-refractivity contribution in [2.45, 2.75) is 5.41 Å². The quantitative estimate of drug-likeness (QED) is 0.161. The summed E-state index contributed by atoms with van der Waals surface area (Å²) in [5.74, 6) is 0. The molecule has 0 saturated carbocycles. The fourth-order valence-corrected chi connectivity index (χ4v) is 14.4. The Morgan fingerprint density at radius 1 is 0.338 bits per heavy atom. The van der Waals surface area contributed by atoms with Gasteiger partial charge in [-0.25, -0.2) is 0 Å². The van der Waals surface area contributed by atoms with Gasteiger partial charge in [0.15, 0.2) is 0 Å². The molecule has 0 N–H and O–H groups in total. The van der Waals surface area contributed by atoms with Crippen LogP contribution in [0.25, 0.3) is 103 Å². The van der Waals surface area contributed by atoms with E-state index in [1.54, 1.807) is 0 Å². The van der Waals surface area contributed by atoms with Crippen LogP contribution in [0.15, 0.2) is 267 Å². The molecule has 2 aliphatic rings. The highest BCUT2D eigenvalue weighted by molar-refractivity contribution is 7.26. The van der Waals surface area contributed by atoms with Crippen molar-refractivity contribution >= 4 is 81.1 Å². The first kappa shape index (κ1) is 41.3. The van der Waals surface area contributed by atoms with Crippen molar-refractivity contribution in [2.75, 3.05) is 4.90 Å². The summed E-state index contributed by atoms with van der Waals surface area (Å²) in [6, 6.07) is 99.5. The van der Waals surface area contributed by atoms with Gasteiger partial charge in [-0.3, -0.25) is 0 Å². The second kappa shape index (κ2) is 15.9. The van der Waals surface area contributed by atoms with Gasteiger partial charge in [0, 0.05) is 53.4 Å². The van der Waals surface area contributed by atoms with Crippen molar-refractivity contribution in [1.82, 2.24) is 4.57 Å². The third-order valence-electron chi connectivity index (χ3n) is 16.2. The van der Waals surface area contributed by atoms with E-state index in [4.69, 9.17) is 0 Å². The Bertz CT molecular complexity index is 4510. The number of anilines is 3. The molecule has 74 heavy (non-hydrogen) atoms. The molecule has 0 bridgehead atoms. The molecule has 3 heteroatoms. The van der Waals surface area contributed by atoms with Gasteiger partial charge in [-0.1, -0.05) is 212 Å². The molecule has 344 valence electrons. The standard InChI is InChI=1S/C71H44N2S/c1-2-18-52-46(16-1)36-43-58-57-42-37-48(44-68(57)74-70(52)58)45-32-38-49(39-33-45)72(50-40-34-47(35-41-50)51-17-6-12-28-64(51)73-65-29-13-7-21-55(65)56-22-8-14-30-66(56)73)67-31-15-27-63-69(67)59-23-5-11-26-62(59)71(63)60-24-9-3-19-53(60)54-20-4-10-25-61(54)71/h1-44H. The lowest BCUT2D eigenvalue weighted by Crippen LogP contribution is -2.26. The van der Waals surface area contributed by atoms with Gasteiger partial charge in [-0.2, -0.15) is 0 Å². The van der Waals surface area contributed by atoms with Gasteiger partial charge < -0.3 is 9.47 Å². The molecule has 0 unspecified atom stereocenters. The van der Waals surface area contributed by atoms with E-state index < -0.39 is 5.41 Å². The van der Waals surface area contributed by atoms with Crippen molar-refractivity contribution < 1.29 is 0 Å². The molecule has 0 saturated heterocycles. The third-order valence-corrected chi connectivity index (χ3v) is 17.4. The van der Waals surface area contributed by atoms with Crippen LogP contribution in [0.5, 0.6) is 0 Å². The predicted octanol–water partition coefficient (Wildman–Crippen LogP) is 19.5. The van der Waals surface area contributed by atoms with Crippen LogP contribution < -0.4 is 4.90 Å². The van der Waals surface area contributed by atoms with E-state index in [0.717, 1.165) is 28.3 Å². The Balaban J connectivity index is 0.872. The maximum Gasteiger partial charge on any atom is 0.0726 e. The zero-order valence-corrected chi connectivity index (χ0v) is 41.0. The van der Waals surface area contributed by atoms with E-state index in [1.807, 2.05) is 11.3 Å². The first-order chi connectivity index (χ1) is 36.7.